The SMILES string of the molecule is C[C@H]1CC(=O)O[C@@H]1[C@]1(CO)CC(=O)c2c(O)cccc2O1. The van der Waals surface area contributed by atoms with E-state index >= 15 is 0 Å². The number of aliphatic hydroxyl groups excluding tert-OH is 1. The van der Waals surface area contributed by atoms with Gasteiger partial charge in [-0.25, -0.2) is 0 Å². The number of hydrogen-bond acceptors (Lipinski definition) is 6. The Kier molecular flexibility index (Phi) is 3.13. The summed E-state index contributed by atoms with van der Waals surface area (Å²) in [5.74, 6) is -0.802. The van der Waals surface area contributed by atoms with Crippen LogP contribution in [-0.2, 0) is 9.53 Å². The highest BCUT2D eigenvalue weighted by Gasteiger charge is 2.53. The van der Waals surface area contributed by atoms with Gasteiger partial charge in [0.15, 0.2) is 11.4 Å². The Hall–Kier alpha value is -2.08. The van der Waals surface area contributed by atoms with E-state index in [2.05, 4.69) is 0 Å². The molecular formula is C15H16O6. The molecule has 0 bridgehead atoms. The first-order valence-corrected chi connectivity index (χ1v) is 6.81. The van der Waals surface area contributed by atoms with E-state index in [4.69, 9.17) is 9.47 Å². The van der Waals surface area contributed by atoms with Gasteiger partial charge in [0, 0.05) is 5.92 Å². The molecule has 2 heterocycles. The maximum atomic E-state index is 12.3. The molecule has 0 unspecified atom stereocenters. The van der Waals surface area contributed by atoms with Gasteiger partial charge in [-0.1, -0.05) is 13.0 Å². The Labute approximate surface area is 121 Å². The second-order valence-electron chi connectivity index (χ2n) is 5.67. The van der Waals surface area contributed by atoms with Gasteiger partial charge >= 0.3 is 5.97 Å². The highest BCUT2D eigenvalue weighted by atomic mass is 16.6. The fraction of sp³-hybridized carbons (Fsp3) is 0.467. The van der Waals surface area contributed by atoms with E-state index in [-0.39, 0.29) is 47.6 Å². The van der Waals surface area contributed by atoms with Gasteiger partial charge in [0.05, 0.1) is 19.4 Å². The van der Waals surface area contributed by atoms with Gasteiger partial charge in [0.25, 0.3) is 0 Å². The lowest BCUT2D eigenvalue weighted by Gasteiger charge is -2.41. The van der Waals surface area contributed by atoms with E-state index in [1.54, 1.807) is 12.1 Å². The summed E-state index contributed by atoms with van der Waals surface area (Å²) in [6, 6.07) is 4.52. The fourth-order valence-electron chi connectivity index (χ4n) is 3.14. The molecule has 2 N–H and O–H groups in total. The molecule has 1 fully saturated rings. The van der Waals surface area contributed by atoms with Gasteiger partial charge < -0.3 is 19.7 Å². The lowest BCUT2D eigenvalue weighted by molar-refractivity contribution is -0.156. The third kappa shape index (κ3) is 2.06. The largest absolute Gasteiger partial charge is 0.507 e. The molecule has 3 atom stereocenters. The zero-order valence-electron chi connectivity index (χ0n) is 11.5. The number of aliphatic hydroxyl groups is 1. The Morgan fingerprint density at radius 3 is 2.76 bits per heavy atom. The van der Waals surface area contributed by atoms with Crippen LogP contribution in [-0.4, -0.2) is 40.3 Å². The number of phenols is 1. The number of carbonyl (C=O) groups excluding carboxylic acids is 2. The summed E-state index contributed by atoms with van der Waals surface area (Å²) >= 11 is 0. The molecule has 21 heavy (non-hydrogen) atoms. The van der Waals surface area contributed by atoms with Crippen molar-refractivity contribution in [3.8, 4) is 11.5 Å². The van der Waals surface area contributed by atoms with Crippen LogP contribution >= 0.6 is 0 Å². The zero-order valence-corrected chi connectivity index (χ0v) is 11.5. The molecule has 112 valence electrons. The number of carbonyl (C=O) groups is 2. The number of ether oxygens (including phenoxy) is 2. The van der Waals surface area contributed by atoms with E-state index in [0.29, 0.717) is 0 Å². The molecule has 2 aliphatic heterocycles. The van der Waals surface area contributed by atoms with Gasteiger partial charge in [0.1, 0.15) is 23.2 Å². The van der Waals surface area contributed by atoms with Crippen molar-refractivity contribution in [1.82, 2.24) is 0 Å². The van der Waals surface area contributed by atoms with Gasteiger partial charge in [-0.2, -0.15) is 0 Å². The number of hydrogen-bond donors (Lipinski definition) is 2. The number of rotatable bonds is 2. The first kappa shape index (κ1) is 13.9. The molecule has 1 aromatic carbocycles. The van der Waals surface area contributed by atoms with Crippen LogP contribution in [0.2, 0.25) is 0 Å². The van der Waals surface area contributed by atoms with Crippen molar-refractivity contribution in [2.45, 2.75) is 31.5 Å². The Morgan fingerprint density at radius 2 is 2.14 bits per heavy atom. The van der Waals surface area contributed by atoms with Crippen LogP contribution in [0.5, 0.6) is 11.5 Å². The number of fused-ring (bicyclic) bond motifs is 1. The Balaban J connectivity index is 2.02. The maximum Gasteiger partial charge on any atom is 0.306 e. The summed E-state index contributed by atoms with van der Waals surface area (Å²) in [6.07, 6.45) is -0.595. The monoisotopic (exact) mass is 292 g/mol. The molecule has 1 aromatic rings. The number of esters is 1. The summed E-state index contributed by atoms with van der Waals surface area (Å²) in [6.45, 7) is 1.37. The molecule has 0 saturated carbocycles. The van der Waals surface area contributed by atoms with Crippen LogP contribution in [0.4, 0.5) is 0 Å². The average Bonchev–Trinajstić information content (AvgIpc) is 2.77. The van der Waals surface area contributed by atoms with Crippen molar-refractivity contribution in [1.29, 1.82) is 0 Å². The van der Waals surface area contributed by atoms with Crippen molar-refractivity contribution < 1.29 is 29.3 Å². The van der Waals surface area contributed by atoms with Crippen molar-refractivity contribution in [3.63, 3.8) is 0 Å². The Morgan fingerprint density at radius 1 is 1.38 bits per heavy atom. The third-order valence-corrected chi connectivity index (χ3v) is 4.11. The van der Waals surface area contributed by atoms with Crippen LogP contribution in [0.25, 0.3) is 0 Å². The molecule has 6 heteroatoms. The summed E-state index contributed by atoms with van der Waals surface area (Å²) in [7, 11) is 0. The third-order valence-electron chi connectivity index (χ3n) is 4.11. The normalized spacial score (nSPS) is 31.5. The number of Topliss-reactive ketones (excluding diaryl/α,β-unsaturated/α-hetero) is 1. The molecule has 0 aromatic heterocycles. The standard InChI is InChI=1S/C15H16O6/c1-8-5-12(19)20-14(8)15(7-16)6-10(18)13-9(17)3-2-4-11(13)21-15/h2-4,8,14,16-17H,5-7H2,1H3/t8-,14-,15+/m0/s1. The molecule has 1 saturated heterocycles. The summed E-state index contributed by atoms with van der Waals surface area (Å²) in [5, 5.41) is 19.6. The molecule has 0 amide bonds. The molecule has 6 nitrogen and oxygen atoms in total. The van der Waals surface area contributed by atoms with Gasteiger partial charge in [-0.15, -0.1) is 0 Å². The van der Waals surface area contributed by atoms with Crippen molar-refractivity contribution >= 4 is 11.8 Å². The van der Waals surface area contributed by atoms with Crippen LogP contribution in [0, 0.1) is 5.92 Å². The van der Waals surface area contributed by atoms with Gasteiger partial charge in [-0.3, -0.25) is 9.59 Å². The number of phenolic OH excluding ortho intramolecular Hbond substituents is 1. The Bertz CT molecular complexity index is 610. The fourth-order valence-corrected chi connectivity index (χ4v) is 3.14. The van der Waals surface area contributed by atoms with Crippen LogP contribution < -0.4 is 4.74 Å². The predicted molar refractivity (Wildman–Crippen MR) is 71.2 cm³/mol. The number of benzene rings is 1. The highest BCUT2D eigenvalue weighted by molar-refractivity contribution is 6.02. The minimum atomic E-state index is -1.29. The highest BCUT2D eigenvalue weighted by Crippen LogP contribution is 2.43. The second kappa shape index (κ2) is 4.73. The summed E-state index contributed by atoms with van der Waals surface area (Å²) in [4.78, 5) is 23.8. The minimum absolute atomic E-state index is 0.110. The maximum absolute atomic E-state index is 12.3. The quantitative estimate of drug-likeness (QED) is 0.791. The van der Waals surface area contributed by atoms with Crippen LogP contribution in [0.15, 0.2) is 18.2 Å². The first-order valence-electron chi connectivity index (χ1n) is 6.81. The van der Waals surface area contributed by atoms with Crippen molar-refractivity contribution in [3.05, 3.63) is 23.8 Å². The average molecular weight is 292 g/mol. The van der Waals surface area contributed by atoms with E-state index in [1.165, 1.54) is 6.07 Å². The summed E-state index contributed by atoms with van der Waals surface area (Å²) in [5.41, 5.74) is -1.18. The molecule has 0 spiro atoms. The smallest absolute Gasteiger partial charge is 0.306 e. The van der Waals surface area contributed by atoms with E-state index < -0.39 is 18.3 Å². The first-order chi connectivity index (χ1) is 9.97. The number of aromatic hydroxyl groups is 1. The molecular weight excluding hydrogens is 276 g/mol. The topological polar surface area (TPSA) is 93.1 Å². The van der Waals surface area contributed by atoms with E-state index in [1.807, 2.05) is 6.92 Å². The van der Waals surface area contributed by atoms with Gasteiger partial charge in [0.2, 0.25) is 0 Å². The zero-order chi connectivity index (χ0) is 15.2. The second-order valence-corrected chi connectivity index (χ2v) is 5.67. The predicted octanol–water partition coefficient (Wildman–Crippen LogP) is 1.04. The van der Waals surface area contributed by atoms with Crippen molar-refractivity contribution in [2.24, 2.45) is 5.92 Å². The van der Waals surface area contributed by atoms with Crippen LogP contribution in [0.1, 0.15) is 30.1 Å². The van der Waals surface area contributed by atoms with Gasteiger partial charge in [-0.05, 0) is 12.1 Å². The lowest BCUT2D eigenvalue weighted by atomic mass is 9.81. The molecule has 2 aliphatic rings. The number of ketones is 1. The molecule has 0 radical (unpaired) electrons. The van der Waals surface area contributed by atoms with Crippen molar-refractivity contribution in [2.75, 3.05) is 6.61 Å². The summed E-state index contributed by atoms with van der Waals surface area (Å²) < 4.78 is 11.1. The number of cyclic esters (lactones) is 1. The molecule has 3 rings (SSSR count). The van der Waals surface area contributed by atoms with E-state index in [0.717, 1.165) is 0 Å². The minimum Gasteiger partial charge on any atom is -0.507 e. The molecule has 0 aliphatic carbocycles. The van der Waals surface area contributed by atoms with Crippen LogP contribution in [0.3, 0.4) is 0 Å². The lowest BCUT2D eigenvalue weighted by Crippen LogP contribution is -2.56. The van der Waals surface area contributed by atoms with E-state index in [9.17, 15) is 19.8 Å².